The van der Waals surface area contributed by atoms with E-state index in [0.29, 0.717) is 6.54 Å². The van der Waals surface area contributed by atoms with Crippen LogP contribution in [-0.2, 0) is 0 Å². The van der Waals surface area contributed by atoms with Crippen LogP contribution in [0.15, 0.2) is 24.3 Å². The van der Waals surface area contributed by atoms with Crippen molar-refractivity contribution in [1.29, 1.82) is 0 Å². The molecule has 0 spiro atoms. The van der Waals surface area contributed by atoms with Crippen molar-refractivity contribution in [2.24, 2.45) is 5.73 Å². The molecule has 0 amide bonds. The van der Waals surface area contributed by atoms with E-state index in [1.165, 1.54) is 5.69 Å². The summed E-state index contributed by atoms with van der Waals surface area (Å²) < 4.78 is 0. The summed E-state index contributed by atoms with van der Waals surface area (Å²) in [5.41, 5.74) is 6.72. The SMILES string of the molecule is NCCNCCN1CCN(c2ccc(Cl)cc2)CC1. The second-order valence-corrected chi connectivity index (χ2v) is 5.28. The molecule has 1 aliphatic rings. The summed E-state index contributed by atoms with van der Waals surface area (Å²) in [7, 11) is 0. The molecule has 3 N–H and O–H groups in total. The normalized spacial score (nSPS) is 16.8. The molecule has 0 bridgehead atoms. The Labute approximate surface area is 120 Å². The number of nitrogens with two attached hydrogens (primary N) is 1. The van der Waals surface area contributed by atoms with E-state index >= 15 is 0 Å². The maximum Gasteiger partial charge on any atom is 0.0407 e. The van der Waals surface area contributed by atoms with Crippen LogP contribution in [0.2, 0.25) is 5.02 Å². The summed E-state index contributed by atoms with van der Waals surface area (Å²) in [6, 6.07) is 8.11. The van der Waals surface area contributed by atoms with Crippen LogP contribution in [-0.4, -0.2) is 57.3 Å². The average molecular weight is 283 g/mol. The lowest BCUT2D eigenvalue weighted by atomic mass is 10.2. The van der Waals surface area contributed by atoms with E-state index in [1.54, 1.807) is 0 Å². The molecule has 1 fully saturated rings. The van der Waals surface area contributed by atoms with Gasteiger partial charge in [-0.25, -0.2) is 0 Å². The molecular formula is C14H23ClN4. The van der Waals surface area contributed by atoms with Crippen molar-refractivity contribution in [2.75, 3.05) is 57.3 Å². The topological polar surface area (TPSA) is 44.5 Å². The quantitative estimate of drug-likeness (QED) is 0.765. The van der Waals surface area contributed by atoms with E-state index in [-0.39, 0.29) is 0 Å². The molecule has 0 aliphatic carbocycles. The predicted molar refractivity (Wildman–Crippen MR) is 82.0 cm³/mol. The molecule has 5 heteroatoms. The van der Waals surface area contributed by atoms with Gasteiger partial charge in [0.25, 0.3) is 0 Å². The standard InChI is InChI=1S/C14H23ClN4/c15-13-1-3-14(4-2-13)19-11-9-18(10-12-19)8-7-17-6-5-16/h1-4,17H,5-12,16H2. The molecule has 0 atom stereocenters. The van der Waals surface area contributed by atoms with Crippen molar-refractivity contribution >= 4 is 17.3 Å². The van der Waals surface area contributed by atoms with Gasteiger partial charge in [0.15, 0.2) is 0 Å². The third-order valence-electron chi connectivity index (χ3n) is 3.49. The van der Waals surface area contributed by atoms with Crippen molar-refractivity contribution in [3.05, 3.63) is 29.3 Å². The van der Waals surface area contributed by atoms with E-state index in [9.17, 15) is 0 Å². The van der Waals surface area contributed by atoms with Gasteiger partial charge >= 0.3 is 0 Å². The first kappa shape index (κ1) is 14.6. The number of benzene rings is 1. The summed E-state index contributed by atoms with van der Waals surface area (Å²) in [5, 5.41) is 4.14. The Hall–Kier alpha value is -0.810. The van der Waals surface area contributed by atoms with Crippen LogP contribution in [0.1, 0.15) is 0 Å². The fraction of sp³-hybridized carbons (Fsp3) is 0.571. The molecule has 1 aliphatic heterocycles. The Morgan fingerprint density at radius 3 is 2.37 bits per heavy atom. The lowest BCUT2D eigenvalue weighted by Crippen LogP contribution is -2.48. The van der Waals surface area contributed by atoms with Crippen LogP contribution in [0.5, 0.6) is 0 Å². The Balaban J connectivity index is 1.71. The van der Waals surface area contributed by atoms with Gasteiger partial charge in [-0.2, -0.15) is 0 Å². The van der Waals surface area contributed by atoms with Crippen LogP contribution in [0.3, 0.4) is 0 Å². The first-order valence-electron chi connectivity index (χ1n) is 6.93. The first-order valence-corrected chi connectivity index (χ1v) is 7.31. The van der Waals surface area contributed by atoms with Gasteiger partial charge in [0.2, 0.25) is 0 Å². The molecule has 106 valence electrons. The Kier molecular flexibility index (Phi) is 5.92. The molecule has 2 rings (SSSR count). The van der Waals surface area contributed by atoms with Crippen LogP contribution in [0.25, 0.3) is 0 Å². The minimum absolute atomic E-state index is 0.713. The highest BCUT2D eigenvalue weighted by Gasteiger charge is 2.16. The van der Waals surface area contributed by atoms with Crippen LogP contribution < -0.4 is 16.0 Å². The fourth-order valence-electron chi connectivity index (χ4n) is 2.35. The number of anilines is 1. The minimum atomic E-state index is 0.713. The maximum absolute atomic E-state index is 5.91. The van der Waals surface area contributed by atoms with E-state index < -0.39 is 0 Å². The molecular weight excluding hydrogens is 260 g/mol. The summed E-state index contributed by atoms with van der Waals surface area (Å²) in [6.45, 7) is 8.15. The molecule has 0 saturated carbocycles. The zero-order valence-electron chi connectivity index (χ0n) is 11.3. The predicted octanol–water partition coefficient (Wildman–Crippen LogP) is 1.01. The summed E-state index contributed by atoms with van der Waals surface area (Å²) in [4.78, 5) is 4.91. The van der Waals surface area contributed by atoms with Crippen molar-refractivity contribution in [3.8, 4) is 0 Å². The van der Waals surface area contributed by atoms with Crippen LogP contribution in [0.4, 0.5) is 5.69 Å². The van der Waals surface area contributed by atoms with Gasteiger partial charge in [0.05, 0.1) is 0 Å². The highest BCUT2D eigenvalue weighted by Crippen LogP contribution is 2.19. The molecule has 0 aromatic heterocycles. The van der Waals surface area contributed by atoms with Gasteiger partial charge in [-0.15, -0.1) is 0 Å². The smallest absolute Gasteiger partial charge is 0.0407 e. The first-order chi connectivity index (χ1) is 9.29. The number of rotatable bonds is 6. The number of piperazine rings is 1. The lowest BCUT2D eigenvalue weighted by molar-refractivity contribution is 0.258. The second kappa shape index (κ2) is 7.70. The number of halogens is 1. The van der Waals surface area contributed by atoms with Crippen LogP contribution >= 0.6 is 11.6 Å². The lowest BCUT2D eigenvalue weighted by Gasteiger charge is -2.36. The zero-order valence-corrected chi connectivity index (χ0v) is 12.1. The molecule has 1 aromatic rings. The Morgan fingerprint density at radius 2 is 1.74 bits per heavy atom. The average Bonchev–Trinajstić information content (AvgIpc) is 2.45. The third-order valence-corrected chi connectivity index (χ3v) is 3.74. The summed E-state index contributed by atoms with van der Waals surface area (Å²) in [6.07, 6.45) is 0. The van der Waals surface area contributed by atoms with Gasteiger partial charge in [-0.1, -0.05) is 11.6 Å². The number of hydrogen-bond donors (Lipinski definition) is 2. The van der Waals surface area contributed by atoms with Gasteiger partial charge < -0.3 is 16.0 Å². The van der Waals surface area contributed by atoms with Crippen molar-refractivity contribution in [3.63, 3.8) is 0 Å². The Morgan fingerprint density at radius 1 is 1.05 bits per heavy atom. The maximum atomic E-state index is 5.91. The van der Waals surface area contributed by atoms with Crippen molar-refractivity contribution < 1.29 is 0 Å². The second-order valence-electron chi connectivity index (χ2n) is 4.84. The molecule has 19 heavy (non-hydrogen) atoms. The Bertz CT molecular complexity index is 360. The highest BCUT2D eigenvalue weighted by atomic mass is 35.5. The van der Waals surface area contributed by atoms with E-state index in [0.717, 1.165) is 50.8 Å². The van der Waals surface area contributed by atoms with Crippen molar-refractivity contribution in [1.82, 2.24) is 10.2 Å². The fourth-order valence-corrected chi connectivity index (χ4v) is 2.47. The molecule has 0 unspecified atom stereocenters. The van der Waals surface area contributed by atoms with Gasteiger partial charge in [0, 0.05) is 63.1 Å². The zero-order chi connectivity index (χ0) is 13.5. The monoisotopic (exact) mass is 282 g/mol. The summed E-state index contributed by atoms with van der Waals surface area (Å²) in [5.74, 6) is 0. The number of nitrogens with one attached hydrogen (secondary N) is 1. The van der Waals surface area contributed by atoms with E-state index in [4.69, 9.17) is 17.3 Å². The van der Waals surface area contributed by atoms with Gasteiger partial charge in [-0.3, -0.25) is 4.90 Å². The largest absolute Gasteiger partial charge is 0.369 e. The van der Waals surface area contributed by atoms with Gasteiger partial charge in [-0.05, 0) is 24.3 Å². The number of nitrogens with zero attached hydrogens (tertiary/aromatic N) is 2. The third kappa shape index (κ3) is 4.66. The number of hydrogen-bond acceptors (Lipinski definition) is 4. The molecule has 1 aromatic carbocycles. The molecule has 1 saturated heterocycles. The molecule has 0 radical (unpaired) electrons. The molecule has 1 heterocycles. The van der Waals surface area contributed by atoms with E-state index in [2.05, 4.69) is 27.2 Å². The van der Waals surface area contributed by atoms with Gasteiger partial charge in [0.1, 0.15) is 0 Å². The minimum Gasteiger partial charge on any atom is -0.369 e. The van der Waals surface area contributed by atoms with Crippen molar-refractivity contribution in [2.45, 2.75) is 0 Å². The molecule has 4 nitrogen and oxygen atoms in total. The van der Waals surface area contributed by atoms with E-state index in [1.807, 2.05) is 12.1 Å². The van der Waals surface area contributed by atoms with Crippen LogP contribution in [0, 0.1) is 0 Å². The highest BCUT2D eigenvalue weighted by molar-refractivity contribution is 6.30. The summed E-state index contributed by atoms with van der Waals surface area (Å²) >= 11 is 5.91.